The Balaban J connectivity index is 1.26. The number of rotatable bonds is 11. The zero-order valence-corrected chi connectivity index (χ0v) is 19.8. The number of unbranched alkanes of at least 4 members (excludes halogenated alkanes) is 7. The van der Waals surface area contributed by atoms with E-state index in [2.05, 4.69) is 32.1 Å². The molecule has 0 heteroatoms. The lowest BCUT2D eigenvalue weighted by Crippen LogP contribution is -2.22. The smallest absolute Gasteiger partial charge is 0.0165 e. The van der Waals surface area contributed by atoms with E-state index in [1.165, 1.54) is 116 Å². The van der Waals surface area contributed by atoms with Crippen molar-refractivity contribution in [3.05, 3.63) is 23.8 Å². The molecule has 2 fully saturated rings. The highest BCUT2D eigenvalue weighted by molar-refractivity contribution is 5.27. The van der Waals surface area contributed by atoms with Crippen molar-refractivity contribution in [2.75, 3.05) is 0 Å². The summed E-state index contributed by atoms with van der Waals surface area (Å²) >= 11 is 0. The number of allylic oxidation sites excluding steroid dienone is 4. The van der Waals surface area contributed by atoms with Crippen LogP contribution in [-0.4, -0.2) is 0 Å². The van der Waals surface area contributed by atoms with E-state index in [-0.39, 0.29) is 0 Å². The van der Waals surface area contributed by atoms with Gasteiger partial charge in [0.1, 0.15) is 0 Å². The fraction of sp³-hybridized carbons (Fsp3) is 0.862. The summed E-state index contributed by atoms with van der Waals surface area (Å²) in [5.74, 6) is 4.72. The molecule has 29 heavy (non-hydrogen) atoms. The van der Waals surface area contributed by atoms with Crippen LogP contribution >= 0.6 is 0 Å². The molecule has 0 bridgehead atoms. The third-order valence-electron chi connectivity index (χ3n) is 8.61. The Morgan fingerprint density at radius 1 is 0.759 bits per heavy atom. The van der Waals surface area contributed by atoms with Crippen LogP contribution < -0.4 is 0 Å². The van der Waals surface area contributed by atoms with E-state index in [1.807, 2.05) is 0 Å². The molecule has 0 amide bonds. The van der Waals surface area contributed by atoms with E-state index < -0.39 is 0 Å². The molecule has 3 aliphatic rings. The lowest BCUT2D eigenvalue weighted by atomic mass is 9.71. The molecule has 0 aromatic carbocycles. The van der Waals surface area contributed by atoms with Gasteiger partial charge in [-0.25, -0.2) is 0 Å². The maximum absolute atomic E-state index is 2.65. The third-order valence-corrected chi connectivity index (χ3v) is 8.61. The molecule has 0 N–H and O–H groups in total. The Morgan fingerprint density at radius 3 is 2.03 bits per heavy atom. The molecule has 1 atom stereocenters. The fourth-order valence-corrected chi connectivity index (χ4v) is 6.37. The van der Waals surface area contributed by atoms with Crippen molar-refractivity contribution in [1.82, 2.24) is 0 Å². The zero-order valence-electron chi connectivity index (χ0n) is 19.8. The largest absolute Gasteiger partial charge is 0.0806 e. The summed E-state index contributed by atoms with van der Waals surface area (Å²) in [4.78, 5) is 0. The van der Waals surface area contributed by atoms with Crippen LogP contribution in [-0.2, 0) is 0 Å². The van der Waals surface area contributed by atoms with Gasteiger partial charge in [-0.05, 0) is 80.1 Å². The lowest BCUT2D eigenvalue weighted by Gasteiger charge is -2.34. The minimum absolute atomic E-state index is 0.851. The minimum atomic E-state index is 0.851. The number of hydrogen-bond donors (Lipinski definition) is 0. The van der Waals surface area contributed by atoms with Crippen LogP contribution in [0.4, 0.5) is 0 Å². The standard InChI is InChI=1S/C29H50/c1-3-4-5-6-7-8-9-10-11-25-14-18-27(19-15-25)29-22-20-28(21-23-29)26-16-12-24(2)13-17-26/h20,22-28H,3-19,21H2,1-2H3. The Kier molecular flexibility index (Phi) is 10.4. The summed E-state index contributed by atoms with van der Waals surface area (Å²) in [5, 5.41) is 0. The highest BCUT2D eigenvalue weighted by Crippen LogP contribution is 2.41. The summed E-state index contributed by atoms with van der Waals surface area (Å²) in [6.07, 6.45) is 34.2. The maximum Gasteiger partial charge on any atom is -0.0165 e. The first kappa shape index (κ1) is 23.1. The fourth-order valence-electron chi connectivity index (χ4n) is 6.37. The molecular formula is C29H50. The summed E-state index contributed by atoms with van der Waals surface area (Å²) in [6.45, 7) is 4.75. The molecule has 0 radical (unpaired) electrons. The lowest BCUT2D eigenvalue weighted by molar-refractivity contribution is 0.238. The van der Waals surface area contributed by atoms with Crippen LogP contribution in [0.1, 0.15) is 129 Å². The van der Waals surface area contributed by atoms with E-state index in [0.717, 1.165) is 29.6 Å². The highest BCUT2D eigenvalue weighted by atomic mass is 14.3. The van der Waals surface area contributed by atoms with Gasteiger partial charge >= 0.3 is 0 Å². The van der Waals surface area contributed by atoms with E-state index in [1.54, 1.807) is 5.57 Å². The van der Waals surface area contributed by atoms with Gasteiger partial charge in [0, 0.05) is 0 Å². The molecule has 3 rings (SSSR count). The molecule has 166 valence electrons. The van der Waals surface area contributed by atoms with Crippen molar-refractivity contribution in [1.29, 1.82) is 0 Å². The van der Waals surface area contributed by atoms with Crippen LogP contribution in [0.3, 0.4) is 0 Å². The van der Waals surface area contributed by atoms with Gasteiger partial charge in [-0.2, -0.15) is 0 Å². The van der Waals surface area contributed by atoms with Gasteiger partial charge in [-0.3, -0.25) is 0 Å². The normalized spacial score (nSPS) is 32.9. The average molecular weight is 399 g/mol. The van der Waals surface area contributed by atoms with Gasteiger partial charge in [0.05, 0.1) is 0 Å². The first-order valence-electron chi connectivity index (χ1n) is 13.6. The second-order valence-corrected chi connectivity index (χ2v) is 11.0. The zero-order chi connectivity index (χ0) is 20.3. The van der Waals surface area contributed by atoms with Crippen molar-refractivity contribution >= 4 is 0 Å². The van der Waals surface area contributed by atoms with Crippen molar-refractivity contribution in [3.63, 3.8) is 0 Å². The quantitative estimate of drug-likeness (QED) is 0.304. The van der Waals surface area contributed by atoms with Gasteiger partial charge in [0.15, 0.2) is 0 Å². The molecule has 0 aromatic rings. The molecule has 0 spiro atoms. The van der Waals surface area contributed by atoms with Gasteiger partial charge in [0.2, 0.25) is 0 Å². The first-order chi connectivity index (χ1) is 14.3. The van der Waals surface area contributed by atoms with Crippen LogP contribution in [0.5, 0.6) is 0 Å². The average Bonchev–Trinajstić information content (AvgIpc) is 2.77. The SMILES string of the molecule is CCCCCCCCCCC1CCC(C2=CCC(C3CCC(C)CC3)C=C2)CC1. The van der Waals surface area contributed by atoms with Crippen molar-refractivity contribution in [2.45, 2.75) is 129 Å². The molecule has 1 unspecified atom stereocenters. The Hall–Kier alpha value is -0.520. The molecule has 2 saturated carbocycles. The molecule has 0 heterocycles. The van der Waals surface area contributed by atoms with Crippen molar-refractivity contribution in [2.24, 2.45) is 29.6 Å². The monoisotopic (exact) mass is 398 g/mol. The van der Waals surface area contributed by atoms with Crippen molar-refractivity contribution < 1.29 is 0 Å². The van der Waals surface area contributed by atoms with Gasteiger partial charge in [-0.15, -0.1) is 0 Å². The van der Waals surface area contributed by atoms with E-state index >= 15 is 0 Å². The molecule has 3 aliphatic carbocycles. The molecule has 0 nitrogen and oxygen atoms in total. The summed E-state index contributed by atoms with van der Waals surface area (Å²) in [6, 6.07) is 0. The topological polar surface area (TPSA) is 0 Å². The second-order valence-electron chi connectivity index (χ2n) is 11.0. The van der Waals surface area contributed by atoms with E-state index in [0.29, 0.717) is 0 Å². The third kappa shape index (κ3) is 7.91. The Morgan fingerprint density at radius 2 is 1.41 bits per heavy atom. The minimum Gasteiger partial charge on any atom is -0.0806 e. The highest BCUT2D eigenvalue weighted by Gasteiger charge is 2.27. The van der Waals surface area contributed by atoms with Crippen LogP contribution in [0.15, 0.2) is 23.8 Å². The van der Waals surface area contributed by atoms with Crippen LogP contribution in [0, 0.1) is 29.6 Å². The van der Waals surface area contributed by atoms with Crippen molar-refractivity contribution in [3.8, 4) is 0 Å². The molecule has 0 aliphatic heterocycles. The first-order valence-corrected chi connectivity index (χ1v) is 13.6. The van der Waals surface area contributed by atoms with Gasteiger partial charge in [0.25, 0.3) is 0 Å². The second kappa shape index (κ2) is 13.0. The van der Waals surface area contributed by atoms with Gasteiger partial charge < -0.3 is 0 Å². The molecule has 0 aromatic heterocycles. The summed E-state index contributed by atoms with van der Waals surface area (Å²) in [7, 11) is 0. The summed E-state index contributed by atoms with van der Waals surface area (Å²) < 4.78 is 0. The molecular weight excluding hydrogens is 348 g/mol. The van der Waals surface area contributed by atoms with E-state index in [9.17, 15) is 0 Å². The Bertz CT molecular complexity index is 482. The molecule has 0 saturated heterocycles. The van der Waals surface area contributed by atoms with Crippen LogP contribution in [0.2, 0.25) is 0 Å². The summed E-state index contributed by atoms with van der Waals surface area (Å²) in [5.41, 5.74) is 1.70. The predicted molar refractivity (Wildman–Crippen MR) is 129 cm³/mol. The van der Waals surface area contributed by atoms with E-state index in [4.69, 9.17) is 0 Å². The maximum atomic E-state index is 2.65. The number of hydrogen-bond acceptors (Lipinski definition) is 0. The Labute approximate surface area is 183 Å². The van der Waals surface area contributed by atoms with Gasteiger partial charge in [-0.1, -0.05) is 103 Å². The predicted octanol–water partition coefficient (Wildman–Crippen LogP) is 9.65. The van der Waals surface area contributed by atoms with Crippen LogP contribution in [0.25, 0.3) is 0 Å².